The van der Waals surface area contributed by atoms with Crippen LogP contribution in [0, 0.1) is 0 Å². The average molecular weight is 211 g/mol. The molecule has 15 heavy (non-hydrogen) atoms. The number of rotatable bonds is 7. The molecule has 0 aromatic heterocycles. The molecule has 1 saturated heterocycles. The van der Waals surface area contributed by atoms with Crippen LogP contribution in [0.5, 0.6) is 0 Å². The Morgan fingerprint density at radius 3 is 2.73 bits per heavy atom. The maximum Gasteiger partial charge on any atom is 0.222 e. The van der Waals surface area contributed by atoms with Crippen molar-refractivity contribution in [2.24, 2.45) is 0 Å². The van der Waals surface area contributed by atoms with Gasteiger partial charge in [0, 0.05) is 26.1 Å². The quantitative estimate of drug-likeness (QED) is 0.476. The highest BCUT2D eigenvalue weighted by Gasteiger charge is 2.16. The predicted octanol–water partition coefficient (Wildman–Crippen LogP) is 1.98. The first-order valence-electron chi connectivity index (χ1n) is 5.81. The Bertz CT molecular complexity index is 198. The zero-order valence-electron chi connectivity index (χ0n) is 9.41. The molecule has 1 rings (SSSR count). The minimum absolute atomic E-state index is 0.316. The van der Waals surface area contributed by atoms with E-state index < -0.39 is 0 Å². The van der Waals surface area contributed by atoms with Gasteiger partial charge in [-0.15, -0.1) is 6.58 Å². The number of carbonyl (C=O) groups excluding carboxylic acids is 1. The van der Waals surface area contributed by atoms with Crippen molar-refractivity contribution in [1.82, 2.24) is 4.90 Å². The van der Waals surface area contributed by atoms with Gasteiger partial charge in [0.1, 0.15) is 0 Å². The number of nitrogens with zero attached hydrogens (tertiary/aromatic N) is 1. The lowest BCUT2D eigenvalue weighted by molar-refractivity contribution is -0.130. The summed E-state index contributed by atoms with van der Waals surface area (Å²) in [6.45, 7) is 6.85. The Morgan fingerprint density at radius 2 is 2.07 bits per heavy atom. The minimum atomic E-state index is 0.316. The van der Waals surface area contributed by atoms with Crippen LogP contribution in [-0.4, -0.2) is 37.1 Å². The van der Waals surface area contributed by atoms with Crippen molar-refractivity contribution in [1.29, 1.82) is 0 Å². The van der Waals surface area contributed by atoms with Crippen molar-refractivity contribution in [2.45, 2.75) is 32.1 Å². The van der Waals surface area contributed by atoms with Gasteiger partial charge in [0.25, 0.3) is 0 Å². The van der Waals surface area contributed by atoms with E-state index in [2.05, 4.69) is 6.58 Å². The van der Waals surface area contributed by atoms with Crippen LogP contribution < -0.4 is 0 Å². The topological polar surface area (TPSA) is 29.5 Å². The SMILES string of the molecule is C=CCOCCCCC(=O)N1CCCC1. The Labute approximate surface area is 92.1 Å². The monoisotopic (exact) mass is 211 g/mol. The molecule has 0 bridgehead atoms. The minimum Gasteiger partial charge on any atom is -0.377 e. The van der Waals surface area contributed by atoms with Gasteiger partial charge >= 0.3 is 0 Å². The number of unbranched alkanes of at least 4 members (excludes halogenated alkanes) is 1. The van der Waals surface area contributed by atoms with Crippen LogP contribution in [0.4, 0.5) is 0 Å². The number of hydrogen-bond donors (Lipinski definition) is 0. The normalized spacial score (nSPS) is 15.6. The summed E-state index contributed by atoms with van der Waals surface area (Å²) in [5.41, 5.74) is 0. The summed E-state index contributed by atoms with van der Waals surface area (Å²) in [6.07, 6.45) is 6.68. The molecule has 86 valence electrons. The van der Waals surface area contributed by atoms with Crippen LogP contribution in [0.3, 0.4) is 0 Å². The van der Waals surface area contributed by atoms with Gasteiger partial charge in [-0.2, -0.15) is 0 Å². The number of likely N-dealkylation sites (tertiary alicyclic amines) is 1. The first-order valence-corrected chi connectivity index (χ1v) is 5.81. The van der Waals surface area contributed by atoms with E-state index in [0.29, 0.717) is 18.9 Å². The van der Waals surface area contributed by atoms with E-state index in [0.717, 1.165) is 32.5 Å². The molecule has 0 saturated carbocycles. The second kappa shape index (κ2) is 7.46. The van der Waals surface area contributed by atoms with Crippen molar-refractivity contribution in [3.8, 4) is 0 Å². The first-order chi connectivity index (χ1) is 7.34. The maximum absolute atomic E-state index is 11.6. The molecule has 3 heteroatoms. The second-order valence-electron chi connectivity index (χ2n) is 3.91. The van der Waals surface area contributed by atoms with Crippen LogP contribution in [0.15, 0.2) is 12.7 Å². The number of amides is 1. The molecule has 1 fully saturated rings. The zero-order chi connectivity index (χ0) is 10.9. The molecule has 1 aliphatic heterocycles. The number of carbonyl (C=O) groups is 1. The largest absolute Gasteiger partial charge is 0.377 e. The van der Waals surface area contributed by atoms with Gasteiger partial charge < -0.3 is 9.64 Å². The van der Waals surface area contributed by atoms with E-state index in [1.54, 1.807) is 6.08 Å². The van der Waals surface area contributed by atoms with Gasteiger partial charge in [0.05, 0.1) is 6.61 Å². The van der Waals surface area contributed by atoms with Gasteiger partial charge in [-0.1, -0.05) is 6.08 Å². The molecule has 0 spiro atoms. The van der Waals surface area contributed by atoms with E-state index in [1.807, 2.05) is 4.90 Å². The van der Waals surface area contributed by atoms with Crippen molar-refractivity contribution in [2.75, 3.05) is 26.3 Å². The fourth-order valence-corrected chi connectivity index (χ4v) is 1.77. The summed E-state index contributed by atoms with van der Waals surface area (Å²) in [6, 6.07) is 0. The van der Waals surface area contributed by atoms with Crippen molar-refractivity contribution in [3.63, 3.8) is 0 Å². The standard InChI is InChI=1S/C12H21NO2/c1-2-10-15-11-6-3-7-12(14)13-8-4-5-9-13/h2H,1,3-11H2. The molecular formula is C12H21NO2. The summed E-state index contributed by atoms with van der Waals surface area (Å²) < 4.78 is 5.25. The molecular weight excluding hydrogens is 190 g/mol. The van der Waals surface area contributed by atoms with Crippen LogP contribution >= 0.6 is 0 Å². The molecule has 3 nitrogen and oxygen atoms in total. The van der Waals surface area contributed by atoms with Gasteiger partial charge in [-0.05, 0) is 25.7 Å². The van der Waals surface area contributed by atoms with Gasteiger partial charge in [-0.3, -0.25) is 4.79 Å². The second-order valence-corrected chi connectivity index (χ2v) is 3.91. The molecule has 0 N–H and O–H groups in total. The van der Waals surface area contributed by atoms with E-state index >= 15 is 0 Å². The Morgan fingerprint density at radius 1 is 1.33 bits per heavy atom. The third-order valence-corrected chi connectivity index (χ3v) is 2.62. The lowest BCUT2D eigenvalue weighted by atomic mass is 10.2. The highest BCUT2D eigenvalue weighted by molar-refractivity contribution is 5.76. The Balaban J connectivity index is 1.94. The summed E-state index contributed by atoms with van der Waals surface area (Å²) in [4.78, 5) is 13.6. The molecule has 0 aliphatic carbocycles. The molecule has 0 aromatic carbocycles. The summed E-state index contributed by atoms with van der Waals surface area (Å²) in [7, 11) is 0. The molecule has 0 radical (unpaired) electrons. The van der Waals surface area contributed by atoms with E-state index in [1.165, 1.54) is 12.8 Å². The van der Waals surface area contributed by atoms with Gasteiger partial charge in [0.2, 0.25) is 5.91 Å². The lowest BCUT2D eigenvalue weighted by Crippen LogP contribution is -2.27. The molecule has 1 aliphatic rings. The van der Waals surface area contributed by atoms with Crippen LogP contribution in [0.1, 0.15) is 32.1 Å². The van der Waals surface area contributed by atoms with Gasteiger partial charge in [0.15, 0.2) is 0 Å². The third-order valence-electron chi connectivity index (χ3n) is 2.62. The van der Waals surface area contributed by atoms with Crippen LogP contribution in [0.2, 0.25) is 0 Å². The zero-order valence-corrected chi connectivity index (χ0v) is 9.41. The number of hydrogen-bond acceptors (Lipinski definition) is 2. The van der Waals surface area contributed by atoms with Crippen LogP contribution in [-0.2, 0) is 9.53 Å². The first kappa shape index (κ1) is 12.2. The van der Waals surface area contributed by atoms with Gasteiger partial charge in [-0.25, -0.2) is 0 Å². The summed E-state index contributed by atoms with van der Waals surface area (Å²) >= 11 is 0. The number of ether oxygens (including phenoxy) is 1. The third kappa shape index (κ3) is 4.98. The highest BCUT2D eigenvalue weighted by atomic mass is 16.5. The van der Waals surface area contributed by atoms with Crippen molar-refractivity contribution < 1.29 is 9.53 Å². The van der Waals surface area contributed by atoms with E-state index in [-0.39, 0.29) is 0 Å². The molecule has 0 unspecified atom stereocenters. The maximum atomic E-state index is 11.6. The van der Waals surface area contributed by atoms with Crippen molar-refractivity contribution >= 4 is 5.91 Å². The molecule has 1 amide bonds. The fraction of sp³-hybridized carbons (Fsp3) is 0.750. The van der Waals surface area contributed by atoms with E-state index in [4.69, 9.17) is 4.74 Å². The smallest absolute Gasteiger partial charge is 0.222 e. The molecule has 1 heterocycles. The summed E-state index contributed by atoms with van der Waals surface area (Å²) in [5.74, 6) is 0.316. The van der Waals surface area contributed by atoms with Crippen molar-refractivity contribution in [3.05, 3.63) is 12.7 Å². The molecule has 0 atom stereocenters. The van der Waals surface area contributed by atoms with Crippen LogP contribution in [0.25, 0.3) is 0 Å². The fourth-order valence-electron chi connectivity index (χ4n) is 1.77. The van der Waals surface area contributed by atoms with E-state index in [9.17, 15) is 4.79 Å². The Kier molecular flexibility index (Phi) is 6.09. The average Bonchev–Trinajstić information content (AvgIpc) is 2.76. The Hall–Kier alpha value is -0.830. The lowest BCUT2D eigenvalue weighted by Gasteiger charge is -2.14. The summed E-state index contributed by atoms with van der Waals surface area (Å²) in [5, 5.41) is 0. The highest BCUT2D eigenvalue weighted by Crippen LogP contribution is 2.10. The predicted molar refractivity (Wildman–Crippen MR) is 60.7 cm³/mol. The molecule has 0 aromatic rings.